The molecule has 0 aromatic heterocycles. The van der Waals surface area contributed by atoms with Gasteiger partial charge >= 0.3 is 0 Å². The minimum absolute atomic E-state index is 0.0947. The van der Waals surface area contributed by atoms with Gasteiger partial charge in [0.1, 0.15) is 5.84 Å². The van der Waals surface area contributed by atoms with Gasteiger partial charge in [-0.1, -0.05) is 18.5 Å². The van der Waals surface area contributed by atoms with Gasteiger partial charge in [0, 0.05) is 41.9 Å². The number of halogens is 1. The van der Waals surface area contributed by atoms with Crippen LogP contribution in [0, 0.1) is 5.41 Å². The molecule has 104 valence electrons. The highest BCUT2D eigenvalue weighted by Gasteiger charge is 2.24. The Kier molecular flexibility index (Phi) is 4.32. The van der Waals surface area contributed by atoms with Gasteiger partial charge in [-0.3, -0.25) is 10.3 Å². The van der Waals surface area contributed by atoms with Gasteiger partial charge < -0.3 is 10.6 Å². The van der Waals surface area contributed by atoms with Crippen LogP contribution in [0.4, 0.5) is 5.69 Å². The van der Waals surface area contributed by atoms with Crippen LogP contribution in [-0.4, -0.2) is 43.0 Å². The molecule has 1 aliphatic heterocycles. The lowest BCUT2D eigenvalue weighted by Crippen LogP contribution is -2.52. The number of nitrogens with one attached hydrogen (secondary N) is 1. The van der Waals surface area contributed by atoms with Crippen molar-refractivity contribution in [1.82, 2.24) is 4.90 Å². The Hall–Kier alpha value is -1.26. The van der Waals surface area contributed by atoms with Gasteiger partial charge in [-0.05, 0) is 31.7 Å². The maximum atomic E-state index is 7.69. The van der Waals surface area contributed by atoms with Crippen molar-refractivity contribution in [3.05, 3.63) is 28.8 Å². The lowest BCUT2D eigenvalue weighted by molar-refractivity contribution is 0.199. The zero-order valence-corrected chi connectivity index (χ0v) is 12.2. The van der Waals surface area contributed by atoms with Gasteiger partial charge in [-0.15, -0.1) is 0 Å². The van der Waals surface area contributed by atoms with Gasteiger partial charge in [0.15, 0.2) is 0 Å². The first kappa shape index (κ1) is 14.2. The third kappa shape index (κ3) is 3.01. The van der Waals surface area contributed by atoms with Crippen molar-refractivity contribution in [3.63, 3.8) is 0 Å². The van der Waals surface area contributed by atoms with E-state index in [2.05, 4.69) is 23.6 Å². The van der Waals surface area contributed by atoms with E-state index in [1.54, 1.807) is 6.07 Å². The van der Waals surface area contributed by atoms with Crippen molar-refractivity contribution in [3.8, 4) is 0 Å². The third-order valence-electron chi connectivity index (χ3n) is 3.76. The van der Waals surface area contributed by atoms with Crippen LogP contribution in [0.5, 0.6) is 0 Å². The van der Waals surface area contributed by atoms with Gasteiger partial charge in [0.05, 0.1) is 0 Å². The van der Waals surface area contributed by atoms with Crippen molar-refractivity contribution >= 4 is 23.1 Å². The summed E-state index contributed by atoms with van der Waals surface area (Å²) in [5.41, 5.74) is 7.40. The van der Waals surface area contributed by atoms with Crippen LogP contribution in [0.1, 0.15) is 19.4 Å². The standard InChI is InChI=1S/C14H21ClN4/c1-3-18-6-7-19(9-10(18)2)13-8-11(15)4-5-12(13)14(16)17/h4-5,8,10H,3,6-7,9H2,1-2H3,(H3,16,17). The molecule has 1 heterocycles. The summed E-state index contributed by atoms with van der Waals surface area (Å²) in [6.45, 7) is 8.40. The van der Waals surface area contributed by atoms with Crippen LogP contribution in [-0.2, 0) is 0 Å². The van der Waals surface area contributed by atoms with E-state index in [1.165, 1.54) is 0 Å². The molecule has 1 unspecified atom stereocenters. The largest absolute Gasteiger partial charge is 0.384 e. The molecule has 0 spiro atoms. The van der Waals surface area contributed by atoms with Crippen molar-refractivity contribution in [1.29, 1.82) is 5.41 Å². The van der Waals surface area contributed by atoms with Crippen LogP contribution in [0.15, 0.2) is 18.2 Å². The van der Waals surface area contributed by atoms with E-state index in [-0.39, 0.29) is 5.84 Å². The molecule has 1 aliphatic rings. The van der Waals surface area contributed by atoms with E-state index >= 15 is 0 Å². The van der Waals surface area contributed by atoms with E-state index in [4.69, 9.17) is 22.7 Å². The lowest BCUT2D eigenvalue weighted by atomic mass is 10.1. The molecule has 19 heavy (non-hydrogen) atoms. The molecular formula is C14H21ClN4. The number of amidine groups is 1. The molecule has 0 radical (unpaired) electrons. The number of benzene rings is 1. The highest BCUT2D eigenvalue weighted by molar-refractivity contribution is 6.31. The summed E-state index contributed by atoms with van der Waals surface area (Å²) in [5.74, 6) is 0.0947. The fourth-order valence-electron chi connectivity index (χ4n) is 2.68. The predicted molar refractivity (Wildman–Crippen MR) is 81.4 cm³/mol. The third-order valence-corrected chi connectivity index (χ3v) is 4.00. The van der Waals surface area contributed by atoms with E-state index in [9.17, 15) is 0 Å². The number of nitrogens with two attached hydrogens (primary N) is 1. The number of nitrogen functional groups attached to an aromatic ring is 1. The highest BCUT2D eigenvalue weighted by atomic mass is 35.5. The number of anilines is 1. The molecule has 0 amide bonds. The molecule has 1 aromatic rings. The minimum atomic E-state index is 0.0947. The predicted octanol–water partition coefficient (Wildman–Crippen LogP) is 2.15. The second-order valence-corrected chi connectivity index (χ2v) is 5.44. The number of nitrogens with zero attached hydrogens (tertiary/aromatic N) is 2. The highest BCUT2D eigenvalue weighted by Crippen LogP contribution is 2.26. The van der Waals surface area contributed by atoms with Crippen LogP contribution >= 0.6 is 11.6 Å². The Balaban J connectivity index is 2.27. The van der Waals surface area contributed by atoms with Gasteiger partial charge in [0.25, 0.3) is 0 Å². The molecule has 1 aromatic carbocycles. The quantitative estimate of drug-likeness (QED) is 0.659. The Bertz CT molecular complexity index is 475. The second kappa shape index (κ2) is 5.80. The monoisotopic (exact) mass is 280 g/mol. The molecule has 1 saturated heterocycles. The van der Waals surface area contributed by atoms with Gasteiger partial charge in [0.2, 0.25) is 0 Å². The topological polar surface area (TPSA) is 56.4 Å². The molecule has 0 bridgehead atoms. The van der Waals surface area contributed by atoms with Crippen LogP contribution in [0.2, 0.25) is 5.02 Å². The number of hydrogen-bond donors (Lipinski definition) is 2. The molecule has 1 atom stereocenters. The summed E-state index contributed by atoms with van der Waals surface area (Å²) in [4.78, 5) is 4.73. The Morgan fingerprint density at radius 2 is 2.21 bits per heavy atom. The second-order valence-electron chi connectivity index (χ2n) is 5.00. The Morgan fingerprint density at radius 3 is 2.79 bits per heavy atom. The first-order valence-corrected chi connectivity index (χ1v) is 7.03. The fraction of sp³-hybridized carbons (Fsp3) is 0.500. The first-order chi connectivity index (χ1) is 9.02. The normalized spacial score (nSPS) is 20.6. The zero-order valence-electron chi connectivity index (χ0n) is 11.5. The smallest absolute Gasteiger partial charge is 0.124 e. The summed E-state index contributed by atoms with van der Waals surface area (Å²) in [7, 11) is 0. The summed E-state index contributed by atoms with van der Waals surface area (Å²) in [6, 6.07) is 6.02. The van der Waals surface area contributed by atoms with E-state index in [0.717, 1.165) is 37.4 Å². The van der Waals surface area contributed by atoms with Crippen molar-refractivity contribution < 1.29 is 0 Å². The molecular weight excluding hydrogens is 260 g/mol. The maximum absolute atomic E-state index is 7.69. The molecule has 1 fully saturated rings. The van der Waals surface area contributed by atoms with Gasteiger partial charge in [-0.2, -0.15) is 0 Å². The van der Waals surface area contributed by atoms with Crippen LogP contribution in [0.3, 0.4) is 0 Å². The molecule has 0 aliphatic carbocycles. The molecule has 4 nitrogen and oxygen atoms in total. The Morgan fingerprint density at radius 1 is 1.47 bits per heavy atom. The van der Waals surface area contributed by atoms with Crippen molar-refractivity contribution in [2.45, 2.75) is 19.9 Å². The minimum Gasteiger partial charge on any atom is -0.384 e. The fourth-order valence-corrected chi connectivity index (χ4v) is 2.84. The number of likely N-dealkylation sites (N-methyl/N-ethyl adjacent to an activating group) is 1. The van der Waals surface area contributed by atoms with Crippen molar-refractivity contribution in [2.75, 3.05) is 31.1 Å². The van der Waals surface area contributed by atoms with Gasteiger partial charge in [-0.25, -0.2) is 0 Å². The molecule has 2 rings (SSSR count). The average molecular weight is 281 g/mol. The summed E-state index contributed by atoms with van der Waals surface area (Å²) >= 11 is 6.08. The van der Waals surface area contributed by atoms with E-state index < -0.39 is 0 Å². The molecule has 0 saturated carbocycles. The maximum Gasteiger partial charge on any atom is 0.124 e. The zero-order chi connectivity index (χ0) is 14.0. The van der Waals surface area contributed by atoms with E-state index in [0.29, 0.717) is 11.1 Å². The average Bonchev–Trinajstić information content (AvgIpc) is 2.38. The summed E-state index contributed by atoms with van der Waals surface area (Å²) < 4.78 is 0. The Labute approximate surface area is 119 Å². The summed E-state index contributed by atoms with van der Waals surface area (Å²) in [5, 5.41) is 8.37. The molecule has 3 N–H and O–H groups in total. The first-order valence-electron chi connectivity index (χ1n) is 6.66. The van der Waals surface area contributed by atoms with E-state index in [1.807, 2.05) is 12.1 Å². The lowest BCUT2D eigenvalue weighted by Gasteiger charge is -2.41. The van der Waals surface area contributed by atoms with Crippen LogP contribution in [0.25, 0.3) is 0 Å². The number of piperazine rings is 1. The number of hydrogen-bond acceptors (Lipinski definition) is 3. The summed E-state index contributed by atoms with van der Waals surface area (Å²) in [6.07, 6.45) is 0. The van der Waals surface area contributed by atoms with Crippen LogP contribution < -0.4 is 10.6 Å². The number of rotatable bonds is 3. The van der Waals surface area contributed by atoms with Crippen molar-refractivity contribution in [2.24, 2.45) is 5.73 Å². The molecule has 5 heteroatoms. The SMILES string of the molecule is CCN1CCN(c2cc(Cl)ccc2C(=N)N)CC1C.